The summed E-state index contributed by atoms with van der Waals surface area (Å²) in [5.74, 6) is -1.63. The van der Waals surface area contributed by atoms with Gasteiger partial charge in [0.25, 0.3) is 0 Å². The molecule has 0 bridgehead atoms. The maximum atomic E-state index is 10.4. The second-order valence-electron chi connectivity index (χ2n) is 2.57. The standard InChI is InChI=1S/C6H8N4O5/c1-9-3-7-5(10(13)14)6(9)8-15-2-4(11)12/h3,8H,2H2,1H3,(H,11,12). The molecule has 0 spiro atoms. The number of aromatic nitrogens is 2. The molecular formula is C6H8N4O5. The second-order valence-corrected chi connectivity index (χ2v) is 2.57. The van der Waals surface area contributed by atoms with E-state index in [9.17, 15) is 14.9 Å². The van der Waals surface area contributed by atoms with E-state index in [-0.39, 0.29) is 5.82 Å². The van der Waals surface area contributed by atoms with Gasteiger partial charge in [0.05, 0.1) is 0 Å². The van der Waals surface area contributed by atoms with E-state index in [2.05, 4.69) is 15.3 Å². The molecule has 0 aliphatic rings. The number of aryl methyl sites for hydroxylation is 1. The molecule has 0 saturated carbocycles. The lowest BCUT2D eigenvalue weighted by molar-refractivity contribution is -0.388. The van der Waals surface area contributed by atoms with Crippen LogP contribution in [-0.2, 0) is 16.7 Å². The molecule has 82 valence electrons. The first-order valence-corrected chi connectivity index (χ1v) is 3.77. The Labute approximate surface area is 83.4 Å². The molecule has 0 fully saturated rings. The zero-order chi connectivity index (χ0) is 11.4. The molecule has 0 amide bonds. The number of carboxylic acid groups (broad SMARTS) is 1. The number of carbonyl (C=O) groups is 1. The first-order chi connectivity index (χ1) is 7.02. The predicted molar refractivity (Wildman–Crippen MR) is 47.1 cm³/mol. The number of nitro groups is 1. The van der Waals surface area contributed by atoms with Crippen molar-refractivity contribution in [1.82, 2.24) is 9.55 Å². The van der Waals surface area contributed by atoms with Crippen molar-refractivity contribution in [3.05, 3.63) is 16.4 Å². The molecule has 1 heterocycles. The van der Waals surface area contributed by atoms with Gasteiger partial charge in [0, 0.05) is 7.05 Å². The van der Waals surface area contributed by atoms with E-state index in [1.165, 1.54) is 17.9 Å². The maximum Gasteiger partial charge on any atom is 0.408 e. The van der Waals surface area contributed by atoms with Crippen molar-refractivity contribution in [2.45, 2.75) is 0 Å². The second kappa shape index (κ2) is 4.37. The SMILES string of the molecule is Cn1cnc([N+](=O)[O-])c1NOCC(=O)O. The Balaban J connectivity index is 2.70. The minimum absolute atomic E-state index is 0.0127. The van der Waals surface area contributed by atoms with Crippen LogP contribution in [0, 0.1) is 10.1 Å². The fourth-order valence-corrected chi connectivity index (χ4v) is 0.835. The molecule has 15 heavy (non-hydrogen) atoms. The number of rotatable bonds is 5. The lowest BCUT2D eigenvalue weighted by atomic mass is 10.6. The van der Waals surface area contributed by atoms with Gasteiger partial charge in [0.2, 0.25) is 12.1 Å². The third-order valence-electron chi connectivity index (χ3n) is 1.46. The summed E-state index contributed by atoms with van der Waals surface area (Å²) in [6.45, 7) is -0.609. The van der Waals surface area contributed by atoms with Crippen LogP contribution in [0.3, 0.4) is 0 Å². The van der Waals surface area contributed by atoms with Gasteiger partial charge in [-0.1, -0.05) is 0 Å². The largest absolute Gasteiger partial charge is 0.479 e. The molecule has 1 rings (SSSR count). The van der Waals surface area contributed by atoms with E-state index in [1.807, 2.05) is 0 Å². The van der Waals surface area contributed by atoms with Crippen LogP contribution >= 0.6 is 0 Å². The van der Waals surface area contributed by atoms with Gasteiger partial charge in [-0.3, -0.25) is 9.40 Å². The van der Waals surface area contributed by atoms with E-state index in [1.54, 1.807) is 0 Å². The van der Waals surface area contributed by atoms with Gasteiger partial charge >= 0.3 is 11.8 Å². The van der Waals surface area contributed by atoms with Crippen LogP contribution in [-0.4, -0.2) is 32.2 Å². The Bertz CT molecular complexity index is 387. The Kier molecular flexibility index (Phi) is 3.18. The number of hydrogen-bond donors (Lipinski definition) is 2. The number of carboxylic acids is 1. The number of aliphatic carboxylic acids is 1. The zero-order valence-electron chi connectivity index (χ0n) is 7.71. The molecule has 0 aromatic carbocycles. The van der Waals surface area contributed by atoms with Crippen molar-refractivity contribution in [2.75, 3.05) is 12.1 Å². The Morgan fingerprint density at radius 3 is 3.07 bits per heavy atom. The molecular weight excluding hydrogens is 208 g/mol. The predicted octanol–water partition coefficient (Wildman–Crippen LogP) is -0.244. The van der Waals surface area contributed by atoms with E-state index in [0.29, 0.717) is 0 Å². The van der Waals surface area contributed by atoms with Crippen LogP contribution in [0.25, 0.3) is 0 Å². The molecule has 0 aliphatic carbocycles. The molecule has 1 aromatic rings. The van der Waals surface area contributed by atoms with Crippen LogP contribution in [0.2, 0.25) is 0 Å². The molecule has 1 aromatic heterocycles. The minimum atomic E-state index is -1.19. The van der Waals surface area contributed by atoms with E-state index in [0.717, 1.165) is 0 Å². The summed E-state index contributed by atoms with van der Waals surface area (Å²) in [5.41, 5.74) is 2.15. The number of anilines is 1. The van der Waals surface area contributed by atoms with Crippen LogP contribution in [0.4, 0.5) is 11.6 Å². The minimum Gasteiger partial charge on any atom is -0.479 e. The van der Waals surface area contributed by atoms with Crippen molar-refractivity contribution in [3.63, 3.8) is 0 Å². The summed E-state index contributed by atoms with van der Waals surface area (Å²) in [4.78, 5) is 27.8. The maximum absolute atomic E-state index is 10.4. The third kappa shape index (κ3) is 2.64. The third-order valence-corrected chi connectivity index (χ3v) is 1.46. The van der Waals surface area contributed by atoms with E-state index in [4.69, 9.17) is 5.11 Å². The normalized spacial score (nSPS) is 9.93. The van der Waals surface area contributed by atoms with Gasteiger partial charge < -0.3 is 15.2 Å². The number of nitrogens with zero attached hydrogens (tertiary/aromatic N) is 3. The summed E-state index contributed by atoms with van der Waals surface area (Å²) in [6.07, 6.45) is 1.21. The zero-order valence-corrected chi connectivity index (χ0v) is 7.71. The Morgan fingerprint density at radius 1 is 1.87 bits per heavy atom. The summed E-state index contributed by atoms with van der Waals surface area (Å²) in [5, 5.41) is 18.7. The topological polar surface area (TPSA) is 120 Å². The molecule has 0 unspecified atom stereocenters. The van der Waals surface area contributed by atoms with Crippen molar-refractivity contribution in [3.8, 4) is 0 Å². The fourth-order valence-electron chi connectivity index (χ4n) is 0.835. The van der Waals surface area contributed by atoms with Crippen LogP contribution in [0.15, 0.2) is 6.33 Å². The summed E-state index contributed by atoms with van der Waals surface area (Å²) >= 11 is 0. The van der Waals surface area contributed by atoms with Gasteiger partial charge in [-0.15, -0.1) is 0 Å². The quantitative estimate of drug-likeness (QED) is 0.514. The molecule has 2 N–H and O–H groups in total. The van der Waals surface area contributed by atoms with Crippen LogP contribution in [0.5, 0.6) is 0 Å². The highest BCUT2D eigenvalue weighted by molar-refractivity contribution is 5.68. The molecule has 9 nitrogen and oxygen atoms in total. The summed E-state index contributed by atoms with van der Waals surface area (Å²) in [7, 11) is 1.51. The van der Waals surface area contributed by atoms with E-state index >= 15 is 0 Å². The summed E-state index contributed by atoms with van der Waals surface area (Å²) in [6, 6.07) is 0. The average Bonchev–Trinajstić information content (AvgIpc) is 2.47. The highest BCUT2D eigenvalue weighted by atomic mass is 16.7. The first-order valence-electron chi connectivity index (χ1n) is 3.77. The summed E-state index contributed by atoms with van der Waals surface area (Å²) < 4.78 is 1.31. The smallest absolute Gasteiger partial charge is 0.408 e. The van der Waals surface area contributed by atoms with Crippen molar-refractivity contribution in [1.29, 1.82) is 0 Å². The number of nitrogens with one attached hydrogen (secondary N) is 1. The first kappa shape index (κ1) is 10.9. The molecule has 0 radical (unpaired) electrons. The molecule has 9 heteroatoms. The van der Waals surface area contributed by atoms with Gasteiger partial charge in [-0.25, -0.2) is 10.3 Å². The number of hydrogen-bond acceptors (Lipinski definition) is 6. The molecule has 0 atom stereocenters. The highest BCUT2D eigenvalue weighted by Crippen LogP contribution is 2.20. The van der Waals surface area contributed by atoms with Crippen molar-refractivity contribution >= 4 is 17.6 Å². The van der Waals surface area contributed by atoms with Gasteiger partial charge in [0.1, 0.15) is 0 Å². The van der Waals surface area contributed by atoms with Crippen molar-refractivity contribution in [2.24, 2.45) is 7.05 Å². The van der Waals surface area contributed by atoms with Gasteiger partial charge in [-0.2, -0.15) is 0 Å². The van der Waals surface area contributed by atoms with Gasteiger partial charge in [0.15, 0.2) is 6.61 Å². The fraction of sp³-hybridized carbons (Fsp3) is 0.333. The Hall–Kier alpha value is -2.16. The van der Waals surface area contributed by atoms with Crippen molar-refractivity contribution < 1.29 is 19.7 Å². The Morgan fingerprint density at radius 2 is 2.53 bits per heavy atom. The van der Waals surface area contributed by atoms with Crippen LogP contribution in [0.1, 0.15) is 0 Å². The van der Waals surface area contributed by atoms with Crippen LogP contribution < -0.4 is 5.48 Å². The lowest BCUT2D eigenvalue weighted by Gasteiger charge is -2.03. The molecule has 0 saturated heterocycles. The van der Waals surface area contributed by atoms with E-state index < -0.39 is 23.3 Å². The van der Waals surface area contributed by atoms with Gasteiger partial charge in [-0.05, 0) is 9.91 Å². The average molecular weight is 216 g/mol. The highest BCUT2D eigenvalue weighted by Gasteiger charge is 2.20. The lowest BCUT2D eigenvalue weighted by Crippen LogP contribution is -2.13. The monoisotopic (exact) mass is 216 g/mol. The number of imidazole rings is 1. The molecule has 0 aliphatic heterocycles.